The molecule has 84 valence electrons. The van der Waals surface area contributed by atoms with Gasteiger partial charge in [-0.1, -0.05) is 0 Å². The number of nitrogens with zero attached hydrogens (tertiary/aromatic N) is 2. The van der Waals surface area contributed by atoms with Crippen molar-refractivity contribution in [1.82, 2.24) is 9.88 Å². The molecule has 2 heterocycles. The molecule has 0 radical (unpaired) electrons. The minimum Gasteiger partial charge on any atom is -0.465 e. The van der Waals surface area contributed by atoms with Crippen molar-refractivity contribution >= 4 is 12.4 Å². The van der Waals surface area contributed by atoms with Crippen molar-refractivity contribution in [1.29, 1.82) is 0 Å². The van der Waals surface area contributed by atoms with Crippen molar-refractivity contribution in [2.45, 2.75) is 13.0 Å². The molecule has 0 saturated heterocycles. The number of hydrogen-bond donors (Lipinski definition) is 0. The van der Waals surface area contributed by atoms with Gasteiger partial charge in [0.25, 0.3) is 0 Å². The van der Waals surface area contributed by atoms with Gasteiger partial charge >= 0.3 is 5.97 Å². The molecule has 1 aliphatic rings. The van der Waals surface area contributed by atoms with Crippen LogP contribution in [-0.2, 0) is 22.5 Å². The lowest BCUT2D eigenvalue weighted by Gasteiger charge is -2.25. The van der Waals surface area contributed by atoms with E-state index in [1.54, 1.807) is 11.1 Å². The predicted octanol–water partition coefficient (Wildman–Crippen LogP) is 0.383. The van der Waals surface area contributed by atoms with Crippen molar-refractivity contribution < 1.29 is 14.3 Å². The lowest BCUT2D eigenvalue weighted by molar-refractivity contribution is -0.118. The Morgan fingerprint density at radius 3 is 3.06 bits per heavy atom. The summed E-state index contributed by atoms with van der Waals surface area (Å²) in [5.41, 5.74) is 2.37. The topological polar surface area (TPSA) is 59.5 Å². The van der Waals surface area contributed by atoms with E-state index in [-0.39, 0.29) is 5.97 Å². The monoisotopic (exact) mass is 220 g/mol. The van der Waals surface area contributed by atoms with Crippen molar-refractivity contribution in [2.75, 3.05) is 13.7 Å². The zero-order valence-electron chi connectivity index (χ0n) is 8.97. The number of esters is 1. The van der Waals surface area contributed by atoms with Gasteiger partial charge in [-0.05, 0) is 17.5 Å². The molecule has 0 N–H and O–H groups in total. The number of carbonyl (C=O) groups excluding carboxylic acids is 2. The largest absolute Gasteiger partial charge is 0.465 e. The summed E-state index contributed by atoms with van der Waals surface area (Å²) in [4.78, 5) is 27.8. The number of pyridine rings is 1. The molecule has 0 aromatic carbocycles. The van der Waals surface area contributed by atoms with Gasteiger partial charge in [-0.25, -0.2) is 4.79 Å². The number of hydrogen-bond acceptors (Lipinski definition) is 4. The highest BCUT2D eigenvalue weighted by Crippen LogP contribution is 2.21. The van der Waals surface area contributed by atoms with Crippen LogP contribution in [0.15, 0.2) is 12.4 Å². The summed E-state index contributed by atoms with van der Waals surface area (Å²) < 4.78 is 4.69. The molecule has 0 saturated carbocycles. The average Bonchev–Trinajstić information content (AvgIpc) is 2.36. The molecule has 0 spiro atoms. The van der Waals surface area contributed by atoms with Crippen LogP contribution in [0.25, 0.3) is 0 Å². The van der Waals surface area contributed by atoms with Crippen LogP contribution in [0.2, 0.25) is 0 Å². The van der Waals surface area contributed by atoms with Gasteiger partial charge in [0.15, 0.2) is 0 Å². The van der Waals surface area contributed by atoms with E-state index in [0.717, 1.165) is 17.5 Å². The first-order valence-electron chi connectivity index (χ1n) is 4.99. The third-order valence-electron chi connectivity index (χ3n) is 2.72. The van der Waals surface area contributed by atoms with Crippen molar-refractivity contribution in [3.8, 4) is 0 Å². The summed E-state index contributed by atoms with van der Waals surface area (Å²) in [6.07, 6.45) is 4.69. The number of fused-ring (bicyclic) bond motifs is 1. The first-order valence-corrected chi connectivity index (χ1v) is 4.99. The van der Waals surface area contributed by atoms with Crippen molar-refractivity contribution in [3.05, 3.63) is 29.1 Å². The Labute approximate surface area is 93.0 Å². The zero-order chi connectivity index (χ0) is 11.5. The van der Waals surface area contributed by atoms with Gasteiger partial charge in [0.1, 0.15) is 0 Å². The molecule has 0 aliphatic carbocycles. The Morgan fingerprint density at radius 2 is 2.38 bits per heavy atom. The lowest BCUT2D eigenvalue weighted by atomic mass is 9.97. The second-order valence-electron chi connectivity index (χ2n) is 3.64. The van der Waals surface area contributed by atoms with Gasteiger partial charge in [-0.2, -0.15) is 0 Å². The molecular formula is C11H12N2O3. The number of rotatable bonds is 2. The van der Waals surface area contributed by atoms with Gasteiger partial charge in [0, 0.05) is 25.5 Å². The summed E-state index contributed by atoms with van der Waals surface area (Å²) in [7, 11) is 1.35. The number of ether oxygens (including phenoxy) is 1. The summed E-state index contributed by atoms with van der Waals surface area (Å²) in [5.74, 6) is -0.371. The standard InChI is InChI=1S/C11H12N2O3/c1-16-11(15)10-5-12-4-8-6-13(7-14)3-2-9(8)10/h4-5,7H,2-3,6H2,1H3. The Bertz CT molecular complexity index is 431. The van der Waals surface area contributed by atoms with Gasteiger partial charge in [-0.3, -0.25) is 9.78 Å². The van der Waals surface area contributed by atoms with E-state index in [4.69, 9.17) is 4.74 Å². The molecule has 0 unspecified atom stereocenters. The highest BCUT2D eigenvalue weighted by molar-refractivity contribution is 5.91. The molecule has 1 aliphatic heterocycles. The average molecular weight is 220 g/mol. The van der Waals surface area contributed by atoms with Crippen LogP contribution in [0.5, 0.6) is 0 Å². The third kappa shape index (κ3) is 1.76. The molecule has 0 bridgehead atoms. The summed E-state index contributed by atoms with van der Waals surface area (Å²) in [6.45, 7) is 1.14. The van der Waals surface area contributed by atoms with Crippen LogP contribution < -0.4 is 0 Å². The normalized spacial score (nSPS) is 14.2. The van der Waals surface area contributed by atoms with Crippen LogP contribution in [0.1, 0.15) is 21.5 Å². The van der Waals surface area contributed by atoms with Crippen LogP contribution in [0, 0.1) is 0 Å². The highest BCUT2D eigenvalue weighted by atomic mass is 16.5. The fourth-order valence-electron chi connectivity index (χ4n) is 1.89. The molecule has 2 rings (SSSR count). The summed E-state index contributed by atoms with van der Waals surface area (Å²) in [6, 6.07) is 0. The highest BCUT2D eigenvalue weighted by Gasteiger charge is 2.21. The smallest absolute Gasteiger partial charge is 0.339 e. The Morgan fingerprint density at radius 1 is 1.56 bits per heavy atom. The molecule has 5 heteroatoms. The van der Waals surface area contributed by atoms with Crippen LogP contribution >= 0.6 is 0 Å². The van der Waals surface area contributed by atoms with Crippen LogP contribution in [0.4, 0.5) is 0 Å². The van der Waals surface area contributed by atoms with Gasteiger partial charge < -0.3 is 9.64 Å². The number of aromatic nitrogens is 1. The molecule has 0 fully saturated rings. The maximum absolute atomic E-state index is 11.5. The second kappa shape index (κ2) is 4.30. The van der Waals surface area contributed by atoms with Gasteiger partial charge in [0.2, 0.25) is 6.41 Å². The lowest BCUT2D eigenvalue weighted by Crippen LogP contribution is -2.30. The molecule has 1 amide bonds. The molecular weight excluding hydrogens is 208 g/mol. The van der Waals surface area contributed by atoms with E-state index in [0.29, 0.717) is 25.1 Å². The molecule has 16 heavy (non-hydrogen) atoms. The Hall–Kier alpha value is -1.91. The van der Waals surface area contributed by atoms with Crippen molar-refractivity contribution in [2.24, 2.45) is 0 Å². The first-order chi connectivity index (χ1) is 7.76. The predicted molar refractivity (Wildman–Crippen MR) is 55.8 cm³/mol. The first kappa shape index (κ1) is 10.6. The van der Waals surface area contributed by atoms with E-state index in [9.17, 15) is 9.59 Å². The van der Waals surface area contributed by atoms with Crippen molar-refractivity contribution in [3.63, 3.8) is 0 Å². The molecule has 1 aromatic heterocycles. The van der Waals surface area contributed by atoms with E-state index in [1.165, 1.54) is 13.3 Å². The summed E-state index contributed by atoms with van der Waals surface area (Å²) >= 11 is 0. The maximum Gasteiger partial charge on any atom is 0.339 e. The Kier molecular flexibility index (Phi) is 2.85. The van der Waals surface area contributed by atoms with Gasteiger partial charge in [0.05, 0.1) is 12.7 Å². The van der Waals surface area contributed by atoms with Crippen LogP contribution in [-0.4, -0.2) is 35.9 Å². The third-order valence-corrected chi connectivity index (χ3v) is 2.72. The van der Waals surface area contributed by atoms with Crippen LogP contribution in [0.3, 0.4) is 0 Å². The molecule has 1 aromatic rings. The summed E-state index contributed by atoms with van der Waals surface area (Å²) in [5, 5.41) is 0. The number of carbonyl (C=O) groups is 2. The van der Waals surface area contributed by atoms with E-state index in [2.05, 4.69) is 4.98 Å². The van der Waals surface area contributed by atoms with E-state index in [1.807, 2.05) is 0 Å². The fraction of sp³-hybridized carbons (Fsp3) is 0.364. The fourth-order valence-corrected chi connectivity index (χ4v) is 1.89. The second-order valence-corrected chi connectivity index (χ2v) is 3.64. The zero-order valence-corrected chi connectivity index (χ0v) is 8.97. The maximum atomic E-state index is 11.5. The number of methoxy groups -OCH3 is 1. The van der Waals surface area contributed by atoms with Gasteiger partial charge in [-0.15, -0.1) is 0 Å². The SMILES string of the molecule is COC(=O)c1cncc2c1CCN(C=O)C2. The Balaban J connectivity index is 2.38. The minimum atomic E-state index is -0.371. The molecule has 0 atom stereocenters. The molecule has 5 nitrogen and oxygen atoms in total. The van der Waals surface area contributed by atoms with E-state index >= 15 is 0 Å². The van der Waals surface area contributed by atoms with E-state index < -0.39 is 0 Å². The minimum absolute atomic E-state index is 0.371. The quantitative estimate of drug-likeness (QED) is 0.534. The number of amides is 1.